The molecule has 26 heavy (non-hydrogen) atoms. The molecular weight excluding hydrogens is 334 g/mol. The number of amides is 2. The number of nitrogens with zero attached hydrogens (tertiary/aromatic N) is 4. The van der Waals surface area contributed by atoms with Crippen LogP contribution in [0.25, 0.3) is 0 Å². The van der Waals surface area contributed by atoms with Crippen LogP contribution in [0.1, 0.15) is 50.8 Å². The highest BCUT2D eigenvalue weighted by atomic mass is 16.5. The summed E-state index contributed by atoms with van der Waals surface area (Å²) < 4.78 is 5.37. The minimum Gasteiger partial charge on any atom is -0.381 e. The maximum absolute atomic E-state index is 12.9. The van der Waals surface area contributed by atoms with E-state index >= 15 is 0 Å². The first-order valence-electron chi connectivity index (χ1n) is 9.53. The summed E-state index contributed by atoms with van der Waals surface area (Å²) in [4.78, 5) is 33.9. The van der Waals surface area contributed by atoms with E-state index in [4.69, 9.17) is 4.74 Å². The van der Waals surface area contributed by atoms with Crippen LogP contribution in [0, 0.1) is 18.8 Å². The van der Waals surface area contributed by atoms with Gasteiger partial charge in [-0.15, -0.1) is 0 Å². The highest BCUT2D eigenvalue weighted by Crippen LogP contribution is 2.27. The van der Waals surface area contributed by atoms with Gasteiger partial charge in [0.1, 0.15) is 5.82 Å². The zero-order valence-corrected chi connectivity index (χ0v) is 15.9. The zero-order chi connectivity index (χ0) is 18.7. The summed E-state index contributed by atoms with van der Waals surface area (Å²) in [7, 11) is 0. The standard InChI is InChI=1S/C18H29N5O3/c1-12(2)17(24)23-9-8-22(18(25)14-5-10-26-11-6-14)7-4-15(23)16-19-13(3)20-21-16/h12,14-15H,4-11H2,1-3H3,(H,19,20,21). The molecule has 0 bridgehead atoms. The van der Waals surface area contributed by atoms with Gasteiger partial charge in [0.05, 0.1) is 6.04 Å². The van der Waals surface area contributed by atoms with E-state index in [0.717, 1.165) is 18.7 Å². The molecule has 0 aliphatic carbocycles. The number of ether oxygens (including phenoxy) is 1. The summed E-state index contributed by atoms with van der Waals surface area (Å²) in [5.74, 6) is 1.58. The van der Waals surface area contributed by atoms with E-state index in [9.17, 15) is 9.59 Å². The van der Waals surface area contributed by atoms with Crippen molar-refractivity contribution in [3.8, 4) is 0 Å². The fraction of sp³-hybridized carbons (Fsp3) is 0.778. The molecule has 1 aromatic rings. The third-order valence-corrected chi connectivity index (χ3v) is 5.23. The number of rotatable bonds is 3. The monoisotopic (exact) mass is 363 g/mol. The van der Waals surface area contributed by atoms with Gasteiger partial charge in [-0.25, -0.2) is 4.98 Å². The Bertz CT molecular complexity index is 639. The lowest BCUT2D eigenvalue weighted by Gasteiger charge is -2.29. The van der Waals surface area contributed by atoms with Crippen molar-refractivity contribution < 1.29 is 14.3 Å². The molecule has 1 N–H and O–H groups in total. The zero-order valence-electron chi connectivity index (χ0n) is 15.9. The molecule has 2 aliphatic rings. The van der Waals surface area contributed by atoms with Gasteiger partial charge in [0, 0.05) is 44.7 Å². The Balaban J connectivity index is 1.76. The third-order valence-electron chi connectivity index (χ3n) is 5.23. The second-order valence-corrected chi connectivity index (χ2v) is 7.48. The van der Waals surface area contributed by atoms with Gasteiger partial charge in [0.2, 0.25) is 11.8 Å². The molecule has 3 rings (SSSR count). The van der Waals surface area contributed by atoms with Crippen molar-refractivity contribution in [1.29, 1.82) is 0 Å². The number of aromatic nitrogens is 3. The Labute approximate surface area is 154 Å². The summed E-state index contributed by atoms with van der Waals surface area (Å²) in [6.07, 6.45) is 2.23. The molecule has 1 aromatic heterocycles. The van der Waals surface area contributed by atoms with Gasteiger partial charge in [-0.2, -0.15) is 5.10 Å². The smallest absolute Gasteiger partial charge is 0.225 e. The molecule has 8 nitrogen and oxygen atoms in total. The van der Waals surface area contributed by atoms with Crippen LogP contribution in [0.2, 0.25) is 0 Å². The van der Waals surface area contributed by atoms with Gasteiger partial charge >= 0.3 is 0 Å². The van der Waals surface area contributed by atoms with Crippen LogP contribution in [0.5, 0.6) is 0 Å². The van der Waals surface area contributed by atoms with Crippen LogP contribution in [0.3, 0.4) is 0 Å². The molecule has 0 radical (unpaired) electrons. The summed E-state index contributed by atoms with van der Waals surface area (Å²) >= 11 is 0. The number of nitrogens with one attached hydrogen (secondary N) is 1. The van der Waals surface area contributed by atoms with Crippen molar-refractivity contribution in [2.75, 3.05) is 32.8 Å². The van der Waals surface area contributed by atoms with E-state index in [2.05, 4.69) is 15.2 Å². The molecule has 2 amide bonds. The summed E-state index contributed by atoms with van der Waals surface area (Å²) in [5, 5.41) is 7.15. The second-order valence-electron chi connectivity index (χ2n) is 7.48. The van der Waals surface area contributed by atoms with Gasteiger partial charge in [-0.1, -0.05) is 13.8 Å². The highest BCUT2D eigenvalue weighted by Gasteiger charge is 2.35. The fourth-order valence-electron chi connectivity index (χ4n) is 3.73. The highest BCUT2D eigenvalue weighted by molar-refractivity contribution is 5.80. The molecule has 2 aliphatic heterocycles. The molecule has 1 unspecified atom stereocenters. The predicted octanol–water partition coefficient (Wildman–Crippen LogP) is 1.30. The molecule has 2 fully saturated rings. The molecule has 8 heteroatoms. The van der Waals surface area contributed by atoms with Gasteiger partial charge in [-0.3, -0.25) is 14.7 Å². The second kappa shape index (κ2) is 8.16. The number of H-pyrrole nitrogens is 1. The fourth-order valence-corrected chi connectivity index (χ4v) is 3.73. The molecule has 0 aromatic carbocycles. The van der Waals surface area contributed by atoms with E-state index in [-0.39, 0.29) is 29.7 Å². The van der Waals surface area contributed by atoms with Crippen molar-refractivity contribution in [3.63, 3.8) is 0 Å². The predicted molar refractivity (Wildman–Crippen MR) is 95.2 cm³/mol. The number of aromatic amines is 1. The lowest BCUT2D eigenvalue weighted by atomic mass is 9.98. The maximum Gasteiger partial charge on any atom is 0.225 e. The summed E-state index contributed by atoms with van der Waals surface area (Å²) in [6.45, 7) is 8.66. The first kappa shape index (κ1) is 18.8. The van der Waals surface area contributed by atoms with Gasteiger partial charge in [0.15, 0.2) is 5.82 Å². The van der Waals surface area contributed by atoms with Gasteiger partial charge in [0.25, 0.3) is 0 Å². The van der Waals surface area contributed by atoms with Crippen molar-refractivity contribution in [2.24, 2.45) is 11.8 Å². The molecule has 1 atom stereocenters. The average molecular weight is 363 g/mol. The van der Waals surface area contributed by atoms with Crippen molar-refractivity contribution in [1.82, 2.24) is 25.0 Å². The van der Waals surface area contributed by atoms with Crippen molar-refractivity contribution >= 4 is 11.8 Å². The molecule has 3 heterocycles. The van der Waals surface area contributed by atoms with Crippen LogP contribution in [0.4, 0.5) is 0 Å². The van der Waals surface area contributed by atoms with Gasteiger partial charge < -0.3 is 14.5 Å². The average Bonchev–Trinajstić information content (AvgIpc) is 2.95. The number of carbonyl (C=O) groups excluding carboxylic acids is 2. The molecule has 0 saturated carbocycles. The Morgan fingerprint density at radius 2 is 1.88 bits per heavy atom. The van der Waals surface area contributed by atoms with E-state index in [1.165, 1.54) is 0 Å². The minimum atomic E-state index is -0.192. The van der Waals surface area contributed by atoms with Crippen LogP contribution >= 0.6 is 0 Å². The summed E-state index contributed by atoms with van der Waals surface area (Å²) in [6, 6.07) is -0.192. The molecular formula is C18H29N5O3. The van der Waals surface area contributed by atoms with E-state index in [1.54, 1.807) is 0 Å². The molecule has 144 valence electrons. The molecule has 2 saturated heterocycles. The summed E-state index contributed by atoms with van der Waals surface area (Å²) in [5.41, 5.74) is 0. The largest absolute Gasteiger partial charge is 0.381 e. The number of aryl methyl sites for hydroxylation is 1. The number of carbonyl (C=O) groups is 2. The quantitative estimate of drug-likeness (QED) is 0.874. The lowest BCUT2D eigenvalue weighted by Crippen LogP contribution is -2.42. The van der Waals surface area contributed by atoms with E-state index < -0.39 is 0 Å². The van der Waals surface area contributed by atoms with E-state index in [1.807, 2.05) is 30.6 Å². The van der Waals surface area contributed by atoms with E-state index in [0.29, 0.717) is 45.1 Å². The topological polar surface area (TPSA) is 91.4 Å². The lowest BCUT2D eigenvalue weighted by molar-refractivity contribution is -0.140. The van der Waals surface area contributed by atoms with Crippen LogP contribution in [0.15, 0.2) is 0 Å². The third kappa shape index (κ3) is 4.06. The normalized spacial score (nSPS) is 22.5. The van der Waals surface area contributed by atoms with Crippen molar-refractivity contribution in [2.45, 2.75) is 46.1 Å². The number of hydrogen-bond acceptors (Lipinski definition) is 5. The SMILES string of the molecule is Cc1nc(C2CCN(C(=O)C3CCOCC3)CCN2C(=O)C(C)C)n[nH]1. The minimum absolute atomic E-state index is 0.0419. The van der Waals surface area contributed by atoms with Crippen LogP contribution in [-0.2, 0) is 14.3 Å². The Morgan fingerprint density at radius 1 is 1.15 bits per heavy atom. The first-order chi connectivity index (χ1) is 12.5. The Hall–Kier alpha value is -1.96. The molecule has 0 spiro atoms. The van der Waals surface area contributed by atoms with Crippen LogP contribution in [-0.4, -0.2) is 69.6 Å². The Morgan fingerprint density at radius 3 is 2.50 bits per heavy atom. The Kier molecular flexibility index (Phi) is 5.90. The van der Waals surface area contributed by atoms with Gasteiger partial charge in [-0.05, 0) is 26.2 Å². The number of hydrogen-bond donors (Lipinski definition) is 1. The van der Waals surface area contributed by atoms with Crippen molar-refractivity contribution in [3.05, 3.63) is 11.6 Å². The first-order valence-corrected chi connectivity index (χ1v) is 9.53. The van der Waals surface area contributed by atoms with Crippen LogP contribution < -0.4 is 0 Å². The maximum atomic E-state index is 12.9.